The Morgan fingerprint density at radius 2 is 1.78 bits per heavy atom. The van der Waals surface area contributed by atoms with Crippen molar-refractivity contribution in [3.8, 4) is 0 Å². The van der Waals surface area contributed by atoms with Gasteiger partial charge in [-0.15, -0.1) is 0 Å². The molecule has 0 radical (unpaired) electrons. The number of hydrogen-bond donors (Lipinski definition) is 2. The van der Waals surface area contributed by atoms with Gasteiger partial charge in [-0.25, -0.2) is 0 Å². The first-order chi connectivity index (χ1) is 13.0. The number of carbonyl (C=O) groups is 1. The number of aliphatic hydroxyl groups excluding tert-OH is 1. The summed E-state index contributed by atoms with van der Waals surface area (Å²) < 4.78 is 22.1. The van der Waals surface area contributed by atoms with Gasteiger partial charge >= 0.3 is 5.97 Å². The third-order valence-corrected chi connectivity index (χ3v) is 4.22. The number of carboxylic acid groups (broad SMARTS) is 1. The molecule has 0 aliphatic rings. The second-order valence-electron chi connectivity index (χ2n) is 6.56. The molecule has 0 bridgehead atoms. The second kappa shape index (κ2) is 13.6. The van der Waals surface area contributed by atoms with Crippen molar-refractivity contribution in [3.05, 3.63) is 35.9 Å². The fraction of sp³-hybridized carbons (Fsp3) is 0.650. The fourth-order valence-electron chi connectivity index (χ4n) is 2.77. The van der Waals surface area contributed by atoms with Gasteiger partial charge in [0, 0.05) is 20.6 Å². The minimum Gasteiger partial charge on any atom is -0.481 e. The van der Waals surface area contributed by atoms with E-state index in [1.165, 1.54) is 14.2 Å². The monoisotopic (exact) mass is 384 g/mol. The summed E-state index contributed by atoms with van der Waals surface area (Å²) in [6, 6.07) is 9.57. The molecule has 0 aliphatic heterocycles. The van der Waals surface area contributed by atoms with E-state index in [1.807, 2.05) is 30.3 Å². The van der Waals surface area contributed by atoms with E-state index in [-0.39, 0.29) is 19.3 Å². The average molecular weight is 384 g/mol. The highest BCUT2D eigenvalue weighted by atomic mass is 16.7. The molecule has 0 aliphatic carbocycles. The van der Waals surface area contributed by atoms with E-state index < -0.39 is 24.3 Å². The van der Waals surface area contributed by atoms with Gasteiger partial charge in [-0.1, -0.05) is 30.3 Å². The van der Waals surface area contributed by atoms with Gasteiger partial charge in [0.05, 0.1) is 37.4 Å². The van der Waals surface area contributed by atoms with E-state index in [0.717, 1.165) is 5.56 Å². The lowest BCUT2D eigenvalue weighted by molar-refractivity contribution is -0.148. The average Bonchev–Trinajstić information content (AvgIpc) is 2.65. The SMILES string of the molecule is COCO[C@H](CC[C@@H](C)O)C[C@H](OC)[C@H](CC(=O)O)OCc1ccccc1. The maximum absolute atomic E-state index is 11.3. The quantitative estimate of drug-likeness (QED) is 0.449. The van der Waals surface area contributed by atoms with Gasteiger partial charge in [-0.3, -0.25) is 4.79 Å². The number of rotatable bonds is 15. The molecule has 1 aromatic carbocycles. The summed E-state index contributed by atoms with van der Waals surface area (Å²) in [7, 11) is 3.07. The van der Waals surface area contributed by atoms with Crippen LogP contribution < -0.4 is 0 Å². The van der Waals surface area contributed by atoms with Gasteiger partial charge in [-0.2, -0.15) is 0 Å². The number of ether oxygens (including phenoxy) is 4. The molecule has 27 heavy (non-hydrogen) atoms. The molecule has 154 valence electrons. The van der Waals surface area contributed by atoms with Crippen LogP contribution in [0.4, 0.5) is 0 Å². The highest BCUT2D eigenvalue weighted by Crippen LogP contribution is 2.20. The van der Waals surface area contributed by atoms with Gasteiger partial charge in [0.1, 0.15) is 6.79 Å². The van der Waals surface area contributed by atoms with Gasteiger partial charge < -0.3 is 29.2 Å². The molecule has 0 heterocycles. The lowest BCUT2D eigenvalue weighted by atomic mass is 9.99. The van der Waals surface area contributed by atoms with Crippen LogP contribution in [0.1, 0.15) is 38.2 Å². The zero-order valence-corrected chi connectivity index (χ0v) is 16.4. The topological polar surface area (TPSA) is 94.5 Å². The molecule has 0 amide bonds. The van der Waals surface area contributed by atoms with Gasteiger partial charge in [0.2, 0.25) is 0 Å². The molecular formula is C20H32O7. The number of hydrogen-bond acceptors (Lipinski definition) is 6. The zero-order chi connectivity index (χ0) is 20.1. The molecule has 4 atom stereocenters. The summed E-state index contributed by atoms with van der Waals surface area (Å²) in [5.74, 6) is -0.951. The van der Waals surface area contributed by atoms with E-state index in [0.29, 0.717) is 25.9 Å². The lowest BCUT2D eigenvalue weighted by Gasteiger charge is -2.29. The van der Waals surface area contributed by atoms with Gasteiger partial charge in [0.15, 0.2) is 0 Å². The maximum Gasteiger partial charge on any atom is 0.306 e. The van der Waals surface area contributed by atoms with Crippen molar-refractivity contribution in [2.24, 2.45) is 0 Å². The highest BCUT2D eigenvalue weighted by Gasteiger charge is 2.28. The first-order valence-electron chi connectivity index (χ1n) is 9.15. The van der Waals surface area contributed by atoms with Crippen molar-refractivity contribution in [3.63, 3.8) is 0 Å². The summed E-state index contributed by atoms with van der Waals surface area (Å²) in [4.78, 5) is 11.3. The minimum absolute atomic E-state index is 0.120. The fourth-order valence-corrected chi connectivity index (χ4v) is 2.77. The van der Waals surface area contributed by atoms with Crippen molar-refractivity contribution < 1.29 is 34.0 Å². The van der Waals surface area contributed by atoms with Crippen molar-refractivity contribution in [1.29, 1.82) is 0 Å². The van der Waals surface area contributed by atoms with E-state index in [2.05, 4.69) is 0 Å². The predicted octanol–water partition coefficient (Wildman–Crippen LogP) is 2.60. The van der Waals surface area contributed by atoms with Crippen LogP contribution in [0.2, 0.25) is 0 Å². The molecule has 7 heteroatoms. The van der Waals surface area contributed by atoms with Crippen LogP contribution in [-0.4, -0.2) is 61.6 Å². The summed E-state index contributed by atoms with van der Waals surface area (Å²) in [6.07, 6.45) is -0.296. The van der Waals surface area contributed by atoms with Crippen LogP contribution in [0.15, 0.2) is 30.3 Å². The van der Waals surface area contributed by atoms with Crippen molar-refractivity contribution in [2.45, 2.75) is 63.6 Å². The Balaban J connectivity index is 2.75. The number of aliphatic carboxylic acids is 1. The van der Waals surface area contributed by atoms with Crippen LogP contribution in [0.5, 0.6) is 0 Å². The molecule has 0 spiro atoms. The van der Waals surface area contributed by atoms with Crippen LogP contribution in [0.25, 0.3) is 0 Å². The predicted molar refractivity (Wildman–Crippen MR) is 100 cm³/mol. The van der Waals surface area contributed by atoms with Crippen molar-refractivity contribution >= 4 is 5.97 Å². The Morgan fingerprint density at radius 3 is 2.33 bits per heavy atom. The Bertz CT molecular complexity index is 506. The highest BCUT2D eigenvalue weighted by molar-refractivity contribution is 5.67. The Labute approximate surface area is 161 Å². The van der Waals surface area contributed by atoms with E-state index in [4.69, 9.17) is 18.9 Å². The number of benzene rings is 1. The molecule has 0 fully saturated rings. The lowest BCUT2D eigenvalue weighted by Crippen LogP contribution is -2.37. The van der Waals surface area contributed by atoms with Crippen molar-refractivity contribution in [2.75, 3.05) is 21.0 Å². The number of carboxylic acids is 1. The Morgan fingerprint density at radius 1 is 1.07 bits per heavy atom. The molecule has 0 aromatic heterocycles. The molecule has 0 saturated heterocycles. The summed E-state index contributed by atoms with van der Waals surface area (Å²) >= 11 is 0. The summed E-state index contributed by atoms with van der Waals surface area (Å²) in [5, 5.41) is 18.8. The van der Waals surface area contributed by atoms with Crippen LogP contribution in [0, 0.1) is 0 Å². The van der Waals surface area contributed by atoms with E-state index in [9.17, 15) is 15.0 Å². The molecule has 2 N–H and O–H groups in total. The summed E-state index contributed by atoms with van der Waals surface area (Å²) in [6.45, 7) is 2.14. The molecular weight excluding hydrogens is 352 g/mol. The smallest absolute Gasteiger partial charge is 0.306 e. The minimum atomic E-state index is -0.951. The standard InChI is InChI=1S/C20H32O7/c1-15(21)9-10-17(27-14-24-2)11-18(25-3)19(12-20(22)23)26-13-16-7-5-4-6-8-16/h4-8,15,17-19,21H,9-14H2,1-3H3,(H,22,23)/t15-,17-,18+,19+/m1/s1. The second-order valence-corrected chi connectivity index (χ2v) is 6.56. The third kappa shape index (κ3) is 10.4. The number of methoxy groups -OCH3 is 2. The molecule has 0 saturated carbocycles. The number of aliphatic hydroxyl groups is 1. The van der Waals surface area contributed by atoms with E-state index in [1.54, 1.807) is 6.92 Å². The Hall–Kier alpha value is -1.51. The first-order valence-corrected chi connectivity index (χ1v) is 9.15. The van der Waals surface area contributed by atoms with Crippen LogP contribution >= 0.6 is 0 Å². The van der Waals surface area contributed by atoms with Crippen LogP contribution in [-0.2, 0) is 30.3 Å². The van der Waals surface area contributed by atoms with Crippen LogP contribution in [0.3, 0.4) is 0 Å². The molecule has 1 rings (SSSR count). The van der Waals surface area contributed by atoms with Crippen molar-refractivity contribution in [1.82, 2.24) is 0 Å². The normalized spacial score (nSPS) is 15.9. The van der Waals surface area contributed by atoms with Gasteiger partial charge in [0.25, 0.3) is 0 Å². The zero-order valence-electron chi connectivity index (χ0n) is 16.4. The Kier molecular flexibility index (Phi) is 11.9. The molecule has 1 aromatic rings. The molecule has 7 nitrogen and oxygen atoms in total. The largest absolute Gasteiger partial charge is 0.481 e. The first kappa shape index (κ1) is 23.5. The van der Waals surface area contributed by atoms with Gasteiger partial charge in [-0.05, 0) is 25.3 Å². The van der Waals surface area contributed by atoms with E-state index >= 15 is 0 Å². The molecule has 0 unspecified atom stereocenters. The third-order valence-electron chi connectivity index (χ3n) is 4.22. The summed E-state index contributed by atoms with van der Waals surface area (Å²) in [5.41, 5.74) is 0.962. The maximum atomic E-state index is 11.3.